The van der Waals surface area contributed by atoms with Crippen molar-refractivity contribution < 1.29 is 66.3 Å². The summed E-state index contributed by atoms with van der Waals surface area (Å²) in [7, 11) is -11.5. The minimum Gasteiger partial charge on any atom is -0.481 e. The van der Waals surface area contributed by atoms with Crippen LogP contribution in [0.1, 0.15) is 61.3 Å². The Morgan fingerprint density at radius 1 is 0.836 bits per heavy atom. The van der Waals surface area contributed by atoms with Crippen molar-refractivity contribution in [3.05, 3.63) is 52.6 Å². The predicted octanol–water partition coefficient (Wildman–Crippen LogP) is 6.86. The molecule has 1 aliphatic carbocycles. The molecule has 12 nitrogen and oxygen atoms in total. The van der Waals surface area contributed by atoms with Gasteiger partial charge in [0.05, 0.1) is 22.4 Å². The van der Waals surface area contributed by atoms with Crippen molar-refractivity contribution in [1.82, 2.24) is 20.2 Å². The van der Waals surface area contributed by atoms with Crippen LogP contribution >= 0.6 is 12.4 Å². The number of sulfone groups is 2. The first-order chi connectivity index (χ1) is 24.7. The van der Waals surface area contributed by atoms with Crippen LogP contribution in [0.5, 0.6) is 0 Å². The summed E-state index contributed by atoms with van der Waals surface area (Å²) in [4.78, 5) is 11.2. The molecule has 1 N–H and O–H groups in total. The van der Waals surface area contributed by atoms with Crippen molar-refractivity contribution in [3.63, 3.8) is 0 Å². The van der Waals surface area contributed by atoms with Gasteiger partial charge in [-0.1, -0.05) is 11.2 Å². The zero-order chi connectivity index (χ0) is 40.6. The fourth-order valence-corrected chi connectivity index (χ4v) is 8.17. The van der Waals surface area contributed by atoms with Crippen molar-refractivity contribution in [2.75, 3.05) is 22.9 Å². The van der Waals surface area contributed by atoms with Gasteiger partial charge in [-0.2, -0.15) is 44.3 Å². The molecule has 0 spiro atoms. The van der Waals surface area contributed by atoms with Gasteiger partial charge in [-0.3, -0.25) is 4.79 Å². The van der Waals surface area contributed by atoms with E-state index in [0.29, 0.717) is 37.8 Å². The van der Waals surface area contributed by atoms with Crippen LogP contribution < -0.4 is 9.80 Å². The topological polar surface area (TPSA) is 156 Å². The third-order valence-corrected chi connectivity index (χ3v) is 12.0. The highest BCUT2D eigenvalue weighted by Gasteiger charge is 2.50. The van der Waals surface area contributed by atoms with Crippen LogP contribution in [0, 0.1) is 18.8 Å². The van der Waals surface area contributed by atoms with E-state index in [4.69, 9.17) is 5.11 Å². The summed E-state index contributed by atoms with van der Waals surface area (Å²) in [6.45, 7) is 1.99. The molecule has 1 aromatic heterocycles. The summed E-state index contributed by atoms with van der Waals surface area (Å²) in [6.07, 6.45) is -2.45. The second kappa shape index (κ2) is 16.7. The molecular weight excluding hydrogens is 823 g/mol. The standard InChI is InChI=1S/C31H35F9N6O6S2.ClH/c1-4-45(15-20-7-5-19(6-8-20)12-27(47)48)26-14-25(29(32,33)34)18(2)9-22(26)17-46(28-41-43-44(3)42-28)16-21-10-23(53(49,50)30(35,36)37)13-24(11-21)54(51,52)31(38,39)40;/h9-11,13-14,19-20H,4-8,12,15-17H2,1-3H3,(H,47,48);1H/t19-,20-;. The number of carboxylic acid groups (broad SMARTS) is 1. The molecule has 0 aliphatic heterocycles. The highest BCUT2D eigenvalue weighted by atomic mass is 35.5. The Morgan fingerprint density at radius 2 is 1.36 bits per heavy atom. The summed E-state index contributed by atoms with van der Waals surface area (Å²) >= 11 is 0. The van der Waals surface area contributed by atoms with Crippen LogP contribution in [0.2, 0.25) is 0 Å². The maximum Gasteiger partial charge on any atom is 0.501 e. The van der Waals surface area contributed by atoms with Crippen LogP contribution in [-0.4, -0.2) is 72.2 Å². The highest BCUT2D eigenvalue weighted by molar-refractivity contribution is 7.93. The van der Waals surface area contributed by atoms with Crippen LogP contribution in [0.15, 0.2) is 40.1 Å². The zero-order valence-corrected chi connectivity index (χ0v) is 31.7. The number of benzene rings is 2. The van der Waals surface area contributed by atoms with Gasteiger partial charge < -0.3 is 14.9 Å². The molecule has 3 aromatic rings. The van der Waals surface area contributed by atoms with E-state index in [1.807, 2.05) is 0 Å². The van der Waals surface area contributed by atoms with Gasteiger partial charge in [-0.25, -0.2) is 16.8 Å². The van der Waals surface area contributed by atoms with Crippen molar-refractivity contribution in [2.24, 2.45) is 18.9 Å². The number of anilines is 2. The van der Waals surface area contributed by atoms with Crippen molar-refractivity contribution in [2.45, 2.75) is 86.0 Å². The molecule has 0 atom stereocenters. The monoisotopic (exact) mass is 858 g/mol. The van der Waals surface area contributed by atoms with E-state index in [1.54, 1.807) is 11.8 Å². The van der Waals surface area contributed by atoms with E-state index in [9.17, 15) is 61.1 Å². The van der Waals surface area contributed by atoms with Gasteiger partial charge in [0.1, 0.15) is 0 Å². The molecule has 308 valence electrons. The van der Waals surface area contributed by atoms with Crippen LogP contribution in [0.4, 0.5) is 51.1 Å². The third kappa shape index (κ3) is 10.5. The number of rotatable bonds is 13. The first-order valence-corrected chi connectivity index (χ1v) is 19.1. The number of hydrogen-bond donors (Lipinski definition) is 1. The molecule has 0 unspecified atom stereocenters. The summed E-state index contributed by atoms with van der Waals surface area (Å²) < 4.78 is 173. The number of carbonyl (C=O) groups is 1. The number of hydrogen-bond acceptors (Lipinski definition) is 10. The minimum atomic E-state index is -6.39. The second-order valence-corrected chi connectivity index (χ2v) is 16.8. The zero-order valence-electron chi connectivity index (χ0n) is 29.2. The third-order valence-electron chi connectivity index (χ3n) is 9.05. The Hall–Kier alpha value is -3.86. The quantitative estimate of drug-likeness (QED) is 0.179. The molecular formula is C31H36ClF9N6O6S2. The number of carboxylic acids is 1. The molecule has 0 amide bonds. The van der Waals surface area contributed by atoms with E-state index in [0.717, 1.165) is 15.8 Å². The van der Waals surface area contributed by atoms with Gasteiger partial charge in [-0.15, -0.1) is 17.5 Å². The predicted molar refractivity (Wildman–Crippen MR) is 181 cm³/mol. The lowest BCUT2D eigenvalue weighted by Gasteiger charge is -2.35. The Labute approximate surface area is 315 Å². The maximum atomic E-state index is 14.2. The first kappa shape index (κ1) is 45.5. The first-order valence-electron chi connectivity index (χ1n) is 16.2. The fraction of sp³-hybridized carbons (Fsp3) is 0.548. The average Bonchev–Trinajstić information content (AvgIpc) is 3.48. The van der Waals surface area contributed by atoms with Crippen LogP contribution in [-0.2, 0) is 50.8 Å². The molecule has 0 radical (unpaired) electrons. The van der Waals surface area contributed by atoms with Gasteiger partial charge >= 0.3 is 23.2 Å². The normalized spacial score (nSPS) is 17.1. The molecule has 0 saturated heterocycles. The maximum absolute atomic E-state index is 14.2. The number of alkyl halides is 9. The molecule has 1 heterocycles. The summed E-state index contributed by atoms with van der Waals surface area (Å²) in [6, 6.07) is 2.51. The molecule has 55 heavy (non-hydrogen) atoms. The van der Waals surface area contributed by atoms with Crippen LogP contribution in [0.3, 0.4) is 0 Å². The summed E-state index contributed by atoms with van der Waals surface area (Å²) in [5, 5.41) is 20.7. The van der Waals surface area contributed by atoms with Gasteiger partial charge in [0.15, 0.2) is 0 Å². The van der Waals surface area contributed by atoms with Crippen molar-refractivity contribution >= 4 is 49.7 Å². The largest absolute Gasteiger partial charge is 0.501 e. The Morgan fingerprint density at radius 3 is 1.80 bits per heavy atom. The lowest BCUT2D eigenvalue weighted by atomic mass is 9.80. The summed E-state index contributed by atoms with van der Waals surface area (Å²) in [5.74, 6) is -1.37. The van der Waals surface area contributed by atoms with E-state index in [-0.39, 0.29) is 72.6 Å². The van der Waals surface area contributed by atoms with Crippen molar-refractivity contribution in [3.8, 4) is 0 Å². The van der Waals surface area contributed by atoms with E-state index < -0.39 is 76.8 Å². The minimum absolute atomic E-state index is 0. The molecule has 24 heteroatoms. The number of aryl methyl sites for hydroxylation is 2. The summed E-state index contributed by atoms with van der Waals surface area (Å²) in [5.41, 5.74) is -13.8. The highest BCUT2D eigenvalue weighted by Crippen LogP contribution is 2.40. The van der Waals surface area contributed by atoms with Gasteiger partial charge in [0.2, 0.25) is 0 Å². The number of aromatic nitrogens is 4. The van der Waals surface area contributed by atoms with E-state index in [2.05, 4.69) is 15.4 Å². The SMILES string of the molecule is CCN(C[C@H]1CC[C@H](CC(=O)O)CC1)c1cc(C(F)(F)F)c(C)cc1CN(Cc1cc(S(=O)(=O)C(F)(F)F)cc(S(=O)(=O)C(F)(F)F)c1)c1nnn(C)n1.Cl. The smallest absolute Gasteiger partial charge is 0.481 e. The van der Waals surface area contributed by atoms with Gasteiger partial charge in [0.25, 0.3) is 25.6 Å². The van der Waals surface area contributed by atoms with Gasteiger partial charge in [-0.05, 0) is 97.5 Å². The number of halogens is 10. The van der Waals surface area contributed by atoms with E-state index in [1.165, 1.54) is 20.0 Å². The lowest BCUT2D eigenvalue weighted by molar-refractivity contribution is -0.139. The van der Waals surface area contributed by atoms with Gasteiger partial charge in [0, 0.05) is 38.3 Å². The molecule has 4 rings (SSSR count). The molecule has 1 fully saturated rings. The number of nitrogens with zero attached hydrogens (tertiary/aromatic N) is 6. The average molecular weight is 859 g/mol. The fourth-order valence-electron chi connectivity index (χ4n) is 6.38. The molecule has 0 bridgehead atoms. The molecule has 2 aromatic carbocycles. The molecule has 1 aliphatic rings. The Bertz CT molecular complexity index is 2010. The van der Waals surface area contributed by atoms with Crippen molar-refractivity contribution in [1.29, 1.82) is 0 Å². The Balaban J connectivity index is 0.00000812. The molecule has 1 saturated carbocycles. The van der Waals surface area contributed by atoms with Crippen LogP contribution in [0.25, 0.3) is 0 Å². The lowest BCUT2D eigenvalue weighted by Crippen LogP contribution is -2.34. The number of aliphatic carboxylic acids is 1. The van der Waals surface area contributed by atoms with E-state index >= 15 is 0 Å². The second-order valence-electron chi connectivity index (χ2n) is 13.0. The number of tetrazole rings is 1. The Kier molecular flexibility index (Phi) is 13.8.